The summed E-state index contributed by atoms with van der Waals surface area (Å²) in [6.07, 6.45) is 13.9. The van der Waals surface area contributed by atoms with Crippen molar-refractivity contribution in [2.75, 3.05) is 37.4 Å². The fourth-order valence-corrected chi connectivity index (χ4v) is 39.0. The predicted molar refractivity (Wildman–Crippen MR) is 534 cm³/mol. The molecule has 9 fully saturated rings. The highest BCUT2D eigenvalue weighted by Gasteiger charge is 2.58. The largest absolute Gasteiger partial charge is 0.374 e. The van der Waals surface area contributed by atoms with Crippen molar-refractivity contribution < 1.29 is 60.5 Å². The molecule has 36 heteroatoms. The van der Waals surface area contributed by atoms with Gasteiger partial charge in [0.1, 0.15) is 54.7 Å². The van der Waals surface area contributed by atoms with Gasteiger partial charge in [-0.15, -0.1) is 0 Å². The lowest BCUT2D eigenvalue weighted by Crippen LogP contribution is -2.58. The number of nitrogens with one attached hydrogen (secondary N) is 5. The maximum Gasteiger partial charge on any atom is 0.280 e. The van der Waals surface area contributed by atoms with E-state index in [1.54, 1.807) is 62.8 Å². The van der Waals surface area contributed by atoms with Crippen LogP contribution in [0.25, 0.3) is 22.3 Å². The van der Waals surface area contributed by atoms with Gasteiger partial charge < -0.3 is 56.3 Å². The summed E-state index contributed by atoms with van der Waals surface area (Å²) in [5, 5.41) is 16.7. The van der Waals surface area contributed by atoms with Gasteiger partial charge in [0.25, 0.3) is 42.6 Å². The van der Waals surface area contributed by atoms with Gasteiger partial charge >= 0.3 is 0 Å². The molecule has 20 rings (SSSR count). The number of benzene rings is 6. The molecule has 3 amide bonds. The molecule has 0 spiro atoms. The second-order valence-corrected chi connectivity index (χ2v) is 55.0. The Kier molecular flexibility index (Phi) is 30.0. The van der Waals surface area contributed by atoms with E-state index in [0.29, 0.717) is 48.1 Å². The number of carbonyl (C=O) groups is 3. The van der Waals surface area contributed by atoms with Gasteiger partial charge in [-0.25, -0.2) is 24.0 Å². The van der Waals surface area contributed by atoms with E-state index in [2.05, 4.69) is 289 Å². The lowest BCUT2D eigenvalue weighted by Gasteiger charge is -2.34. The van der Waals surface area contributed by atoms with Crippen LogP contribution in [-0.2, 0) is 60.5 Å². The minimum absolute atomic E-state index is 0.0897. The Labute approximate surface area is 795 Å². The summed E-state index contributed by atoms with van der Waals surface area (Å²) in [6, 6.07) is 69.8. The molecule has 135 heavy (non-hydrogen) atoms. The highest BCUT2D eigenvalue weighted by molar-refractivity contribution is 7.45. The topological polar surface area (TPSA) is 320 Å². The number of rotatable bonds is 29. The lowest BCUT2D eigenvalue weighted by atomic mass is 10.1. The van der Waals surface area contributed by atoms with Crippen molar-refractivity contribution in [1.82, 2.24) is 63.3 Å². The summed E-state index contributed by atoms with van der Waals surface area (Å²) in [5.74, 6) is -0.532. The van der Waals surface area contributed by atoms with E-state index in [-0.39, 0.29) is 114 Å². The summed E-state index contributed by atoms with van der Waals surface area (Å²) in [6.45, 7) is 27.8. The molecule has 30 nitrogen and oxygen atoms in total. The number of aromatic nitrogens is 8. The second kappa shape index (κ2) is 42.0. The molecule has 0 saturated carbocycles. The molecule has 0 radical (unpaired) electrons. The molecular formula is C99H126N15O15P3Si3. The molecule has 0 aliphatic carbocycles. The van der Waals surface area contributed by atoms with Crippen molar-refractivity contribution in [3.8, 4) is 0 Å². The average Bonchev–Trinajstić information content (AvgIpc) is 1.62. The molecule has 5 N–H and O–H groups in total. The van der Waals surface area contributed by atoms with Gasteiger partial charge in [-0.1, -0.05) is 288 Å². The van der Waals surface area contributed by atoms with Crippen LogP contribution in [0, 0.1) is 11.8 Å². The van der Waals surface area contributed by atoms with Crippen LogP contribution >= 0.6 is 25.6 Å². The first-order valence-corrected chi connectivity index (χ1v) is 59.5. The highest BCUT2D eigenvalue weighted by Crippen LogP contribution is 2.62. The number of hydrogen-bond donors (Lipinski definition) is 5. The molecule has 6 aromatic carbocycles. The van der Waals surface area contributed by atoms with Gasteiger partial charge in [-0.2, -0.15) is 9.97 Å². The summed E-state index contributed by atoms with van der Waals surface area (Å²) in [7, 11) is -8.44. The first-order valence-electron chi connectivity index (χ1n) is 48.0. The first kappa shape index (κ1) is 96.4. The van der Waals surface area contributed by atoms with E-state index in [4.69, 9.17) is 46.1 Å². The van der Waals surface area contributed by atoms with Crippen molar-refractivity contribution in [2.24, 2.45) is 11.8 Å². The van der Waals surface area contributed by atoms with E-state index >= 15 is 0 Å². The first-order chi connectivity index (χ1) is 65.4. The average molecular weight is 1940 g/mol. The minimum Gasteiger partial charge on any atom is -0.374 e. The number of carbonyl (C=O) groups excluding carboxylic acids is 3. The van der Waals surface area contributed by atoms with Gasteiger partial charge in [0.2, 0.25) is 23.7 Å². The third-order valence-electron chi connectivity index (χ3n) is 28.7. The number of amides is 3. The Morgan fingerprint density at radius 2 is 0.822 bits per heavy atom. The van der Waals surface area contributed by atoms with Crippen molar-refractivity contribution in [3.05, 3.63) is 240 Å². The molecular weight excluding hydrogens is 1820 g/mol. The predicted octanol–water partition coefficient (Wildman–Crippen LogP) is 13.5. The number of nitrogens with zero attached hydrogens (tertiary/aromatic N) is 10. The number of hydrogen-bond acceptors (Lipinski definition) is 23. The maximum atomic E-state index is 12.8. The minimum atomic E-state index is -2.11. The molecule has 4 aromatic heterocycles. The third-order valence-corrected chi connectivity index (χ3v) is 47.5. The molecule has 14 heterocycles. The zero-order chi connectivity index (χ0) is 94.0. The molecule has 714 valence electrons. The molecule has 3 unspecified atom stereocenters. The van der Waals surface area contributed by atoms with E-state index in [1.165, 1.54) is 37.2 Å². The lowest BCUT2D eigenvalue weighted by molar-refractivity contribution is -0.119. The van der Waals surface area contributed by atoms with Gasteiger partial charge in [-0.05, 0) is 75.9 Å². The van der Waals surface area contributed by atoms with Crippen LogP contribution in [0.15, 0.2) is 229 Å². The third kappa shape index (κ3) is 20.1. The number of ether oxygens (including phenoxy) is 4. The summed E-state index contributed by atoms with van der Waals surface area (Å²) < 4.78 is 78.0. The summed E-state index contributed by atoms with van der Waals surface area (Å²) >= 11 is 0. The molecule has 0 bridgehead atoms. The smallest absolute Gasteiger partial charge is 0.280 e. The van der Waals surface area contributed by atoms with Crippen molar-refractivity contribution in [2.45, 2.75) is 255 Å². The van der Waals surface area contributed by atoms with Crippen molar-refractivity contribution in [1.29, 1.82) is 0 Å². The Morgan fingerprint density at radius 3 is 1.14 bits per heavy atom. The van der Waals surface area contributed by atoms with Crippen LogP contribution in [0.4, 0.5) is 11.9 Å². The SMILES string of the molecule is C=C1NC(=O)C=CN1[C@@H]1O[C@H](CC)C(O[P@@]2O[C@H](C[Si](C)(c3ccccc3)c3ccccc3)[C@@H]3CCCN32)[C@@H]1OC.CC[C@H]1O[C@@H](n2cnc3c(=O)[nH]c(NC(=O)C(C)C)nc32)CC1O[P@@]1O[C@H](C[Si](C)(c2ccccc2)c2ccccc2)[C@@H]2CCCN21.CC[C@H]1O[C@@H](n2cnc3c(=O)[nH]c(NC(=O)C(C)C)nc32)CC1O[P@]1O[C@@H](C[Si](C)(c2ccccc2)c2ccccc2)[C@H]2CCCN21. The Balaban J connectivity index is 0.000000136. The Morgan fingerprint density at radius 1 is 0.481 bits per heavy atom. The zero-order valence-electron chi connectivity index (χ0n) is 78.7. The van der Waals surface area contributed by atoms with Gasteiger partial charge in [0, 0.05) is 81.8 Å². The van der Waals surface area contributed by atoms with Crippen molar-refractivity contribution >= 4 is 133 Å². The fourth-order valence-electron chi connectivity index (χ4n) is 21.1. The molecule has 10 aliphatic rings. The quantitative estimate of drug-likeness (QED) is 0.0215. The normalized spacial score (nSPS) is 28.0. The number of H-pyrrole nitrogens is 2. The standard InChI is InChI=1S/2C34H43N6O5PSi.C31H40N3O5PSi/c2*1-5-26-27(19-29(43-26)39-21-35-30-31(39)36-34(38-33(30)42)37-32(41)22(2)3)44-46-40-18-12-17-25(40)28(45-46)20-47(4,23-13-8-6-9-14-23)24-15-10-7-11-16-24;1-5-26-29(30(36-3)31(37-26)33-20-18-28(35)32-22(33)2)39-40-34-19-12-17-25(34)27(38-40)21-41(4,23-13-8-6-9-14-23)24-15-10-7-11-16-24/h2*6-11,13-16,21-22,25-29H,5,12,17-20H2,1-4H3,(H2,36,37,38,41,42);6-11,13-16,18,20,25-27,29-31H,2,5,12,17,19,21H2,1,3-4H3,(H,32,35)/t25-,26+,27?,28+,29+,46-;25-,26-,27?,28+,29-,46-;25-,26+,27+,29?,30-,31+,40+/m010/s1. The van der Waals surface area contributed by atoms with E-state index in [1.807, 2.05) is 4.90 Å². The highest BCUT2D eigenvalue weighted by atomic mass is 31.2. The van der Waals surface area contributed by atoms with E-state index in [0.717, 1.165) is 95.6 Å². The molecule has 10 aromatic rings. The van der Waals surface area contributed by atoms with E-state index in [9.17, 15) is 24.0 Å². The number of fused-ring (bicyclic) bond motifs is 5. The number of anilines is 2. The van der Waals surface area contributed by atoms with Crippen LogP contribution in [0.3, 0.4) is 0 Å². The zero-order valence-corrected chi connectivity index (χ0v) is 84.4. The molecule has 19 atom stereocenters. The van der Waals surface area contributed by atoms with Gasteiger partial charge in [-0.3, -0.25) is 53.7 Å². The van der Waals surface area contributed by atoms with Gasteiger partial charge in [0.05, 0.1) is 61.5 Å². The monoisotopic (exact) mass is 1940 g/mol. The van der Waals surface area contributed by atoms with Crippen LogP contribution in [0.5, 0.6) is 0 Å². The second-order valence-electron chi connectivity index (χ2n) is 38.1. The number of methoxy groups -OCH3 is 1. The maximum absolute atomic E-state index is 12.8. The fraction of sp³-hybridized carbons (Fsp3) is 0.465. The summed E-state index contributed by atoms with van der Waals surface area (Å²) in [5.41, 5.74) is 0.291. The van der Waals surface area contributed by atoms with Crippen LogP contribution in [-0.4, -0.2) is 212 Å². The number of aromatic amines is 2. The van der Waals surface area contributed by atoms with Crippen LogP contribution in [0.1, 0.15) is 132 Å². The van der Waals surface area contributed by atoms with Crippen molar-refractivity contribution in [3.63, 3.8) is 0 Å². The van der Waals surface area contributed by atoms with Crippen LogP contribution < -0.4 is 58.2 Å². The molecule has 9 saturated heterocycles. The van der Waals surface area contributed by atoms with Gasteiger partial charge in [0.15, 0.2) is 28.6 Å². The Hall–Kier alpha value is -8.87. The van der Waals surface area contributed by atoms with Crippen LogP contribution in [0.2, 0.25) is 37.8 Å². The molecule has 10 aliphatic heterocycles. The Bertz CT molecular complexity index is 5550. The summed E-state index contributed by atoms with van der Waals surface area (Å²) in [4.78, 5) is 86.9. The number of imidazole rings is 2. The van der Waals surface area contributed by atoms with E-state index < -0.39 is 79.6 Å².